The van der Waals surface area contributed by atoms with Gasteiger partial charge in [0.05, 0.1) is 23.3 Å². The van der Waals surface area contributed by atoms with Gasteiger partial charge in [0.25, 0.3) is 0 Å². The molecule has 4 aromatic heterocycles. The first-order valence-corrected chi connectivity index (χ1v) is 19.8. The Labute approximate surface area is 327 Å². The van der Waals surface area contributed by atoms with Gasteiger partial charge in [-0.15, -0.1) is 0 Å². The first-order chi connectivity index (χ1) is 27.3. The maximum atomic E-state index is 6.52. The van der Waals surface area contributed by atoms with Crippen molar-refractivity contribution in [2.45, 2.75) is 69.4 Å². The lowest BCUT2D eigenvalue weighted by atomic mass is 9.72. The average molecular weight is 738 g/mol. The monoisotopic (exact) mass is 737 g/mol. The van der Waals surface area contributed by atoms with Crippen LogP contribution in [0.1, 0.15) is 68.6 Å². The fourth-order valence-corrected chi connectivity index (χ4v) is 8.15. The van der Waals surface area contributed by atoms with Gasteiger partial charge in [-0.25, -0.2) is 19.0 Å². The van der Waals surface area contributed by atoms with E-state index >= 15 is 0 Å². The van der Waals surface area contributed by atoms with Crippen molar-refractivity contribution in [3.63, 3.8) is 0 Å². The van der Waals surface area contributed by atoms with E-state index in [4.69, 9.17) is 27.2 Å². The molecule has 0 bridgehead atoms. The van der Waals surface area contributed by atoms with Crippen LogP contribution in [0.2, 0.25) is 0 Å². The topological polar surface area (TPSA) is 138 Å². The lowest BCUT2D eigenvalue weighted by Crippen LogP contribution is -2.43. The minimum atomic E-state index is -0.161. The number of nitrogens with two attached hydrogens (primary N) is 3. The highest BCUT2D eigenvalue weighted by Crippen LogP contribution is 2.42. The number of hydrogen-bond donors (Lipinski definition) is 3. The van der Waals surface area contributed by atoms with E-state index in [9.17, 15) is 0 Å². The van der Waals surface area contributed by atoms with Gasteiger partial charge in [0.15, 0.2) is 11.3 Å². The molecule has 0 aliphatic heterocycles. The van der Waals surface area contributed by atoms with E-state index < -0.39 is 0 Å². The second-order valence-electron chi connectivity index (χ2n) is 15.4. The van der Waals surface area contributed by atoms with Crippen LogP contribution in [0.4, 0.5) is 5.69 Å². The molecule has 6 N–H and O–H groups in total. The van der Waals surface area contributed by atoms with Crippen LogP contribution in [-0.4, -0.2) is 29.2 Å². The molecule has 0 saturated heterocycles. The summed E-state index contributed by atoms with van der Waals surface area (Å²) in [6.07, 6.45) is 12.3. The van der Waals surface area contributed by atoms with Crippen LogP contribution in [0.25, 0.3) is 56.3 Å². The third kappa shape index (κ3) is 6.32. The molecule has 2 fully saturated rings. The molecule has 56 heavy (non-hydrogen) atoms. The normalized spacial score (nSPS) is 15.5. The minimum absolute atomic E-state index is 0.143. The zero-order chi connectivity index (χ0) is 38.3. The summed E-state index contributed by atoms with van der Waals surface area (Å²) in [6.45, 7) is 2.20. The number of nitrogen functional groups attached to an aromatic ring is 1. The predicted octanol–water partition coefficient (Wildman–Crippen LogP) is 9.34. The first kappa shape index (κ1) is 35.5. The molecular weight excluding hydrogens is 691 g/mol. The molecule has 0 spiro atoms. The van der Waals surface area contributed by atoms with E-state index in [0.717, 1.165) is 89.2 Å². The molecule has 0 atom stereocenters. The van der Waals surface area contributed by atoms with Crippen LogP contribution < -0.4 is 17.2 Å². The van der Waals surface area contributed by atoms with E-state index in [2.05, 4.69) is 108 Å². The molecule has 8 aromatic rings. The molecular formula is C47H47N9. The molecule has 0 unspecified atom stereocenters. The van der Waals surface area contributed by atoms with Gasteiger partial charge in [0.2, 0.25) is 0 Å². The number of aryl methyl sites for hydroxylation is 1. The van der Waals surface area contributed by atoms with E-state index in [-0.39, 0.29) is 11.1 Å². The van der Waals surface area contributed by atoms with Crippen molar-refractivity contribution in [2.75, 3.05) is 5.73 Å². The quantitative estimate of drug-likeness (QED) is 0.141. The van der Waals surface area contributed by atoms with Crippen molar-refractivity contribution in [3.05, 3.63) is 150 Å². The Morgan fingerprint density at radius 1 is 0.536 bits per heavy atom. The van der Waals surface area contributed by atoms with Crippen LogP contribution in [0.3, 0.4) is 0 Å². The van der Waals surface area contributed by atoms with Gasteiger partial charge < -0.3 is 17.2 Å². The van der Waals surface area contributed by atoms with Gasteiger partial charge in [-0.1, -0.05) is 123 Å². The van der Waals surface area contributed by atoms with Crippen molar-refractivity contribution in [1.29, 1.82) is 0 Å². The van der Waals surface area contributed by atoms with E-state index in [1.807, 2.05) is 39.5 Å². The van der Waals surface area contributed by atoms with Gasteiger partial charge in [0, 0.05) is 39.5 Å². The summed E-state index contributed by atoms with van der Waals surface area (Å²) < 4.78 is 3.82. The smallest absolute Gasteiger partial charge is 0.178 e. The van der Waals surface area contributed by atoms with Crippen molar-refractivity contribution in [3.8, 4) is 45.0 Å². The van der Waals surface area contributed by atoms with Crippen molar-refractivity contribution < 1.29 is 0 Å². The molecule has 4 heterocycles. The second-order valence-corrected chi connectivity index (χ2v) is 15.4. The Morgan fingerprint density at radius 2 is 0.982 bits per heavy atom. The van der Waals surface area contributed by atoms with E-state index in [1.54, 1.807) is 12.3 Å². The summed E-state index contributed by atoms with van der Waals surface area (Å²) in [5, 5.41) is 9.16. The van der Waals surface area contributed by atoms with Crippen LogP contribution in [-0.2, 0) is 17.5 Å². The van der Waals surface area contributed by atoms with Gasteiger partial charge in [0.1, 0.15) is 11.4 Å². The molecule has 9 nitrogen and oxygen atoms in total. The van der Waals surface area contributed by atoms with E-state index in [0.29, 0.717) is 11.3 Å². The zero-order valence-corrected chi connectivity index (χ0v) is 31.8. The highest BCUT2D eigenvalue weighted by Gasteiger charge is 2.35. The SMILES string of the molecule is CCCc1ccnn2c(-c3ccccc3)c(-c3ccc(C4(N)CCC4)cc3)nc12.Nc1ccnn2c(-c3ccccc3)c(-c3ccc(C4(N)CCC4)cc3)nc12. The molecule has 2 aliphatic carbocycles. The maximum Gasteiger partial charge on any atom is 0.178 e. The Kier molecular flexibility index (Phi) is 9.19. The fraction of sp³-hybridized carbons (Fsp3) is 0.234. The Hall–Kier alpha value is -6.16. The summed E-state index contributed by atoms with van der Waals surface area (Å²) in [5.74, 6) is 0. The second kappa shape index (κ2) is 14.5. The average Bonchev–Trinajstić information content (AvgIpc) is 3.81. The summed E-state index contributed by atoms with van der Waals surface area (Å²) in [7, 11) is 0. The number of rotatable bonds is 8. The summed E-state index contributed by atoms with van der Waals surface area (Å²) in [4.78, 5) is 9.90. The van der Waals surface area contributed by atoms with Crippen LogP contribution >= 0.6 is 0 Å². The summed E-state index contributed by atoms with van der Waals surface area (Å²) in [6, 6.07) is 41.6. The highest BCUT2D eigenvalue weighted by molar-refractivity contribution is 5.85. The molecule has 10 rings (SSSR count). The molecule has 9 heteroatoms. The standard InChI is InChI=1S/C25H26N4.C22H21N5/c1-2-7-20-14-17-27-29-23(19-8-4-3-5-9-19)22(28-24(20)29)18-10-12-21(13-11-18)25(26)15-6-16-25;23-18-11-14-25-27-20(16-5-2-1-3-6-16)19(26-21(18)27)15-7-9-17(10-8-15)22(24)12-4-13-22/h3-5,8-14,17H,2,6-7,15-16,26H2,1H3;1-3,5-11,14H,4,12-13,23-24H2. The number of fused-ring (bicyclic) bond motifs is 2. The zero-order valence-electron chi connectivity index (χ0n) is 31.8. The first-order valence-electron chi connectivity index (χ1n) is 19.8. The van der Waals surface area contributed by atoms with Crippen LogP contribution in [0, 0.1) is 0 Å². The number of anilines is 1. The lowest BCUT2D eigenvalue weighted by Gasteiger charge is -2.38. The number of hydrogen-bond acceptors (Lipinski definition) is 7. The van der Waals surface area contributed by atoms with Gasteiger partial charge >= 0.3 is 0 Å². The lowest BCUT2D eigenvalue weighted by molar-refractivity contribution is 0.253. The maximum absolute atomic E-state index is 6.52. The summed E-state index contributed by atoms with van der Waals surface area (Å²) >= 11 is 0. The number of benzene rings is 4. The largest absolute Gasteiger partial charge is 0.396 e. The van der Waals surface area contributed by atoms with E-state index in [1.165, 1.54) is 29.5 Å². The highest BCUT2D eigenvalue weighted by atomic mass is 15.3. The summed E-state index contributed by atoms with van der Waals surface area (Å²) in [5.41, 5.74) is 32.9. The predicted molar refractivity (Wildman–Crippen MR) is 226 cm³/mol. The Balaban J connectivity index is 0.000000147. The number of imidazole rings is 2. The Morgan fingerprint density at radius 3 is 1.43 bits per heavy atom. The molecule has 0 amide bonds. The fourth-order valence-electron chi connectivity index (χ4n) is 8.15. The molecule has 2 aliphatic rings. The minimum Gasteiger partial charge on any atom is -0.396 e. The molecule has 4 aromatic carbocycles. The third-order valence-electron chi connectivity index (χ3n) is 11.7. The molecule has 0 radical (unpaired) electrons. The molecule has 280 valence electrons. The number of nitrogens with zero attached hydrogens (tertiary/aromatic N) is 6. The molecule has 2 saturated carbocycles. The third-order valence-corrected chi connectivity index (χ3v) is 11.7. The van der Waals surface area contributed by atoms with Gasteiger partial charge in [-0.3, -0.25) is 0 Å². The van der Waals surface area contributed by atoms with Gasteiger partial charge in [-0.2, -0.15) is 10.2 Å². The van der Waals surface area contributed by atoms with Crippen molar-refractivity contribution in [2.24, 2.45) is 11.5 Å². The van der Waals surface area contributed by atoms with Crippen LogP contribution in [0.5, 0.6) is 0 Å². The van der Waals surface area contributed by atoms with Crippen LogP contribution in [0.15, 0.2) is 134 Å². The van der Waals surface area contributed by atoms with Crippen molar-refractivity contribution >= 4 is 17.0 Å². The Bertz CT molecular complexity index is 2620. The van der Waals surface area contributed by atoms with Crippen molar-refractivity contribution in [1.82, 2.24) is 29.2 Å². The van der Waals surface area contributed by atoms with Gasteiger partial charge in [-0.05, 0) is 73.8 Å². The number of aromatic nitrogens is 6.